The summed E-state index contributed by atoms with van der Waals surface area (Å²) in [5.41, 5.74) is -1.64. The molecule has 1 atom stereocenters. The van der Waals surface area contributed by atoms with Crippen LogP contribution in [0.5, 0.6) is 5.75 Å². The quantitative estimate of drug-likeness (QED) is 0.147. The smallest absolute Gasteiger partial charge is 0.261 e. The second kappa shape index (κ2) is 10.3. The van der Waals surface area contributed by atoms with Crippen LogP contribution in [0.15, 0.2) is 41.3 Å². The number of carbonyl (C=O) groups is 1. The van der Waals surface area contributed by atoms with Crippen LogP contribution in [0, 0.1) is 36.0 Å². The van der Waals surface area contributed by atoms with E-state index in [0.29, 0.717) is 0 Å². The first-order valence-corrected chi connectivity index (χ1v) is 12.1. The van der Waals surface area contributed by atoms with Crippen molar-refractivity contribution in [1.29, 1.82) is 0 Å². The molecule has 3 aromatic carbocycles. The summed E-state index contributed by atoms with van der Waals surface area (Å²) in [4.78, 5) is 12.3. The first-order chi connectivity index (χ1) is 16.8. The van der Waals surface area contributed by atoms with Gasteiger partial charge in [-0.15, -0.1) is 0 Å². The number of benzene rings is 3. The zero-order chi connectivity index (χ0) is 26.9. The van der Waals surface area contributed by atoms with Crippen molar-refractivity contribution in [2.24, 2.45) is 0 Å². The molecular formula is C23H18ClF5N2O4S. The van der Waals surface area contributed by atoms with Gasteiger partial charge in [-0.05, 0) is 37.1 Å². The van der Waals surface area contributed by atoms with E-state index in [1.165, 1.54) is 12.1 Å². The van der Waals surface area contributed by atoms with Gasteiger partial charge in [0.1, 0.15) is 16.7 Å². The molecule has 0 saturated carbocycles. The van der Waals surface area contributed by atoms with E-state index in [1.807, 2.05) is 5.32 Å². The minimum Gasteiger partial charge on any atom is -0.506 e. The molecule has 0 aliphatic carbocycles. The summed E-state index contributed by atoms with van der Waals surface area (Å²) >= 11 is 6.15. The Labute approximate surface area is 207 Å². The van der Waals surface area contributed by atoms with E-state index in [1.54, 1.807) is 26.0 Å². The SMILES string of the molecule is CCC(Nc1cc(O)c(NC(=O)c2c(F)c(F)c(F)c(F)c2F)cc1Cl)S(=O)(=O)c1cccc(C)c1. The molecular weight excluding hydrogens is 531 g/mol. The van der Waals surface area contributed by atoms with Crippen LogP contribution in [0.1, 0.15) is 29.3 Å². The molecule has 3 N–H and O–H groups in total. The minimum atomic E-state index is -3.89. The highest BCUT2D eigenvalue weighted by Gasteiger charge is 2.31. The molecule has 0 aromatic heterocycles. The number of sulfone groups is 1. The Morgan fingerprint density at radius 3 is 2.11 bits per heavy atom. The number of halogens is 6. The van der Waals surface area contributed by atoms with Crippen LogP contribution in [0.25, 0.3) is 0 Å². The molecule has 0 fully saturated rings. The molecule has 0 bridgehead atoms. The fraction of sp³-hybridized carbons (Fsp3) is 0.174. The Kier molecular flexibility index (Phi) is 7.79. The molecule has 0 aliphatic rings. The lowest BCUT2D eigenvalue weighted by Gasteiger charge is -2.21. The zero-order valence-corrected chi connectivity index (χ0v) is 20.2. The predicted octanol–water partition coefficient (Wildman–Crippen LogP) is 5.92. The molecule has 0 spiro atoms. The van der Waals surface area contributed by atoms with Crippen LogP contribution in [-0.2, 0) is 9.84 Å². The lowest BCUT2D eigenvalue weighted by Crippen LogP contribution is -2.29. The van der Waals surface area contributed by atoms with E-state index in [0.717, 1.165) is 17.7 Å². The number of aryl methyl sites for hydroxylation is 1. The Morgan fingerprint density at radius 2 is 1.56 bits per heavy atom. The topological polar surface area (TPSA) is 95.5 Å². The van der Waals surface area contributed by atoms with Gasteiger partial charge in [0, 0.05) is 6.07 Å². The Bertz CT molecular complexity index is 1440. The van der Waals surface area contributed by atoms with Gasteiger partial charge in [-0.25, -0.2) is 30.4 Å². The van der Waals surface area contributed by atoms with Crippen LogP contribution in [0.2, 0.25) is 5.02 Å². The van der Waals surface area contributed by atoms with E-state index >= 15 is 0 Å². The van der Waals surface area contributed by atoms with Crippen molar-refractivity contribution >= 4 is 38.7 Å². The van der Waals surface area contributed by atoms with Gasteiger partial charge in [-0.3, -0.25) is 4.79 Å². The Hall–Kier alpha value is -3.38. The fourth-order valence-corrected chi connectivity index (χ4v) is 5.18. The minimum absolute atomic E-state index is 0.0499. The van der Waals surface area contributed by atoms with Gasteiger partial charge in [0.25, 0.3) is 5.91 Å². The highest BCUT2D eigenvalue weighted by molar-refractivity contribution is 7.92. The Balaban J connectivity index is 1.91. The van der Waals surface area contributed by atoms with Crippen LogP contribution in [0.4, 0.5) is 33.3 Å². The monoisotopic (exact) mass is 548 g/mol. The molecule has 0 heterocycles. The number of hydrogen-bond acceptors (Lipinski definition) is 5. The van der Waals surface area contributed by atoms with Crippen molar-refractivity contribution in [3.05, 3.63) is 81.6 Å². The molecule has 0 radical (unpaired) electrons. The maximum absolute atomic E-state index is 13.9. The largest absolute Gasteiger partial charge is 0.506 e. The molecule has 192 valence electrons. The molecule has 1 amide bonds. The van der Waals surface area contributed by atoms with Crippen molar-refractivity contribution in [3.8, 4) is 5.75 Å². The number of rotatable bonds is 7. The summed E-state index contributed by atoms with van der Waals surface area (Å²) in [5.74, 6) is -14.3. The third kappa shape index (κ3) is 5.09. The molecule has 3 rings (SSSR count). The van der Waals surface area contributed by atoms with Gasteiger partial charge in [0.2, 0.25) is 5.82 Å². The number of phenolic OH excluding ortho intramolecular Hbond substituents is 1. The molecule has 6 nitrogen and oxygen atoms in total. The van der Waals surface area contributed by atoms with Crippen LogP contribution < -0.4 is 10.6 Å². The van der Waals surface area contributed by atoms with E-state index in [2.05, 4.69) is 5.32 Å². The van der Waals surface area contributed by atoms with Crippen molar-refractivity contribution in [2.75, 3.05) is 10.6 Å². The number of phenols is 1. The van der Waals surface area contributed by atoms with Crippen LogP contribution >= 0.6 is 11.6 Å². The molecule has 0 aliphatic heterocycles. The van der Waals surface area contributed by atoms with Gasteiger partial charge in [-0.2, -0.15) is 0 Å². The summed E-state index contributed by atoms with van der Waals surface area (Å²) in [6.45, 7) is 3.32. The summed E-state index contributed by atoms with van der Waals surface area (Å²) in [7, 11) is -3.89. The average molecular weight is 549 g/mol. The number of anilines is 2. The van der Waals surface area contributed by atoms with Gasteiger partial charge in [0.05, 0.1) is 21.3 Å². The van der Waals surface area contributed by atoms with Crippen molar-refractivity contribution in [2.45, 2.75) is 30.5 Å². The summed E-state index contributed by atoms with van der Waals surface area (Å²) in [5, 5.41) is 13.4. The fourth-order valence-electron chi connectivity index (χ4n) is 3.29. The molecule has 1 unspecified atom stereocenters. The standard InChI is InChI=1S/C23H18ClF5N2O4S/c1-3-16(36(34,35)11-6-4-5-10(2)7-11)30-13-9-15(32)14(8-12(13)24)31-23(33)17-18(25)20(27)22(29)21(28)19(17)26/h4-9,16,30,32H,3H2,1-2H3,(H,31,33). The second-order valence-corrected chi connectivity index (χ2v) is 10.2. The third-order valence-electron chi connectivity index (χ3n) is 5.15. The zero-order valence-electron chi connectivity index (χ0n) is 18.6. The third-order valence-corrected chi connectivity index (χ3v) is 7.57. The molecule has 0 saturated heterocycles. The van der Waals surface area contributed by atoms with Crippen LogP contribution in [-0.4, -0.2) is 24.8 Å². The molecule has 13 heteroatoms. The lowest BCUT2D eigenvalue weighted by atomic mass is 10.1. The van der Waals surface area contributed by atoms with Crippen molar-refractivity contribution in [3.63, 3.8) is 0 Å². The summed E-state index contributed by atoms with van der Waals surface area (Å²) in [6.07, 6.45) is 0.0894. The number of hydrogen-bond donors (Lipinski definition) is 3. The van der Waals surface area contributed by atoms with E-state index < -0.39 is 67.2 Å². The lowest BCUT2D eigenvalue weighted by molar-refractivity contribution is 0.101. The average Bonchev–Trinajstić information content (AvgIpc) is 2.82. The van der Waals surface area contributed by atoms with Gasteiger partial charge in [-0.1, -0.05) is 30.7 Å². The molecule has 3 aromatic rings. The second-order valence-electron chi connectivity index (χ2n) is 7.65. The number of nitrogens with one attached hydrogen (secondary N) is 2. The predicted molar refractivity (Wildman–Crippen MR) is 123 cm³/mol. The highest BCUT2D eigenvalue weighted by atomic mass is 35.5. The van der Waals surface area contributed by atoms with Gasteiger partial charge in [0.15, 0.2) is 33.1 Å². The first-order valence-electron chi connectivity index (χ1n) is 10.2. The number of amides is 1. The summed E-state index contributed by atoms with van der Waals surface area (Å²) < 4.78 is 94.0. The number of aromatic hydroxyl groups is 1. The normalized spacial score (nSPS) is 12.3. The van der Waals surface area contributed by atoms with Crippen molar-refractivity contribution in [1.82, 2.24) is 0 Å². The van der Waals surface area contributed by atoms with E-state index in [-0.39, 0.29) is 22.0 Å². The first kappa shape index (κ1) is 27.2. The van der Waals surface area contributed by atoms with Gasteiger partial charge >= 0.3 is 0 Å². The summed E-state index contributed by atoms with van der Waals surface area (Å²) in [6, 6.07) is 8.05. The highest BCUT2D eigenvalue weighted by Crippen LogP contribution is 2.36. The molecule has 36 heavy (non-hydrogen) atoms. The maximum atomic E-state index is 13.9. The van der Waals surface area contributed by atoms with Crippen molar-refractivity contribution < 1.29 is 40.3 Å². The van der Waals surface area contributed by atoms with E-state index in [9.17, 15) is 40.3 Å². The van der Waals surface area contributed by atoms with Gasteiger partial charge < -0.3 is 15.7 Å². The Morgan fingerprint density at radius 1 is 0.972 bits per heavy atom. The van der Waals surface area contributed by atoms with E-state index in [4.69, 9.17) is 11.6 Å². The number of carbonyl (C=O) groups excluding carboxylic acids is 1. The maximum Gasteiger partial charge on any atom is 0.261 e. The van der Waals surface area contributed by atoms with Crippen LogP contribution in [0.3, 0.4) is 0 Å².